The largest absolute Gasteiger partial charge is 0.500 e. The smallest absolute Gasteiger partial charge is 0.399 e. The summed E-state index contributed by atoms with van der Waals surface area (Å²) >= 11 is 0. The molecule has 0 radical (unpaired) electrons. The maximum atomic E-state index is 14.6. The molecule has 0 spiro atoms. The van der Waals surface area contributed by atoms with Crippen molar-refractivity contribution in [1.82, 2.24) is 0 Å². The van der Waals surface area contributed by atoms with Gasteiger partial charge in [-0.25, -0.2) is 8.78 Å². The van der Waals surface area contributed by atoms with Gasteiger partial charge in [0, 0.05) is 26.1 Å². The summed E-state index contributed by atoms with van der Waals surface area (Å²) in [6, 6.07) is 2.35. The molecule has 2 heterocycles. The molecule has 1 N–H and O–H groups in total. The molecule has 7 heteroatoms. The van der Waals surface area contributed by atoms with E-state index in [4.69, 9.17) is 14.0 Å². The summed E-state index contributed by atoms with van der Waals surface area (Å²) in [4.78, 5) is 0. The van der Waals surface area contributed by atoms with Gasteiger partial charge in [0.15, 0.2) is 0 Å². The van der Waals surface area contributed by atoms with Gasteiger partial charge in [0.1, 0.15) is 11.6 Å². The summed E-state index contributed by atoms with van der Waals surface area (Å²) in [6.45, 7) is 8.01. The van der Waals surface area contributed by atoms with Crippen molar-refractivity contribution >= 4 is 12.6 Å². The van der Waals surface area contributed by atoms with Crippen LogP contribution in [-0.2, 0) is 19.6 Å². The molecule has 2 aliphatic heterocycles. The summed E-state index contributed by atoms with van der Waals surface area (Å²) in [5.74, 6) is -1.55. The SMILES string of the molecule is CC1(C)OB(c2c(F)cc(C3(O)CCOCC3)cc2F)OC1(C)C. The van der Waals surface area contributed by atoms with Gasteiger partial charge in [-0.05, 0) is 45.4 Å². The average molecular weight is 340 g/mol. The second kappa shape index (κ2) is 5.76. The van der Waals surface area contributed by atoms with Gasteiger partial charge in [0.2, 0.25) is 0 Å². The van der Waals surface area contributed by atoms with Crippen molar-refractivity contribution < 1.29 is 27.9 Å². The van der Waals surface area contributed by atoms with E-state index in [2.05, 4.69) is 0 Å². The molecule has 2 aliphatic rings. The zero-order chi connectivity index (χ0) is 17.8. The normalized spacial score (nSPS) is 25.0. The molecule has 2 saturated heterocycles. The van der Waals surface area contributed by atoms with Crippen LogP contribution in [0.15, 0.2) is 12.1 Å². The monoisotopic (exact) mass is 340 g/mol. The van der Waals surface area contributed by atoms with Gasteiger partial charge in [0.25, 0.3) is 0 Å². The molecule has 0 atom stereocenters. The van der Waals surface area contributed by atoms with Crippen LogP contribution < -0.4 is 5.46 Å². The number of halogens is 2. The van der Waals surface area contributed by atoms with E-state index in [0.717, 1.165) is 0 Å². The molecule has 0 saturated carbocycles. The van der Waals surface area contributed by atoms with Gasteiger partial charge in [-0.2, -0.15) is 0 Å². The predicted molar refractivity (Wildman–Crippen MR) is 86.0 cm³/mol. The summed E-state index contributed by atoms with van der Waals surface area (Å²) < 4.78 is 46.0. The quantitative estimate of drug-likeness (QED) is 0.839. The molecule has 0 bridgehead atoms. The number of hydrogen-bond donors (Lipinski definition) is 1. The molecule has 4 nitrogen and oxygen atoms in total. The molecule has 0 aliphatic carbocycles. The number of aliphatic hydroxyl groups is 1. The van der Waals surface area contributed by atoms with Gasteiger partial charge in [-0.1, -0.05) is 0 Å². The Labute approximate surface area is 141 Å². The maximum absolute atomic E-state index is 14.6. The van der Waals surface area contributed by atoms with Crippen molar-refractivity contribution in [3.63, 3.8) is 0 Å². The fraction of sp³-hybridized carbons (Fsp3) is 0.647. The van der Waals surface area contributed by atoms with Crippen LogP contribution in [0, 0.1) is 11.6 Å². The van der Waals surface area contributed by atoms with Crippen molar-refractivity contribution in [2.24, 2.45) is 0 Å². The van der Waals surface area contributed by atoms with Gasteiger partial charge >= 0.3 is 7.12 Å². The third-order valence-corrected chi connectivity index (χ3v) is 5.43. The summed E-state index contributed by atoms with van der Waals surface area (Å²) in [7, 11) is -1.12. The average Bonchev–Trinajstić information content (AvgIpc) is 2.67. The molecule has 1 aromatic rings. The lowest BCUT2D eigenvalue weighted by Gasteiger charge is -2.32. The molecule has 1 aromatic carbocycles. The van der Waals surface area contributed by atoms with E-state index in [1.54, 1.807) is 0 Å². The summed E-state index contributed by atoms with van der Waals surface area (Å²) in [6.07, 6.45) is 0.615. The van der Waals surface area contributed by atoms with Crippen LogP contribution in [0.1, 0.15) is 46.1 Å². The van der Waals surface area contributed by atoms with Crippen molar-refractivity contribution in [3.05, 3.63) is 29.3 Å². The first-order chi connectivity index (χ1) is 11.1. The van der Waals surface area contributed by atoms with Crippen molar-refractivity contribution in [2.75, 3.05) is 13.2 Å². The zero-order valence-corrected chi connectivity index (χ0v) is 14.5. The molecular weight excluding hydrogens is 317 g/mol. The van der Waals surface area contributed by atoms with E-state index in [-0.39, 0.29) is 11.0 Å². The standard InChI is InChI=1S/C17H23BF2O4/c1-15(2)16(3,4)24-18(23-15)14-12(19)9-11(10-13(14)20)17(21)5-7-22-8-6-17/h9-10,21H,5-8H2,1-4H3. The van der Waals surface area contributed by atoms with Crippen LogP contribution in [0.25, 0.3) is 0 Å². The highest BCUT2D eigenvalue weighted by Gasteiger charge is 2.53. The molecule has 132 valence electrons. The Bertz CT molecular complexity index is 602. The Morgan fingerprint density at radius 3 is 1.88 bits per heavy atom. The van der Waals surface area contributed by atoms with Crippen LogP contribution in [0.4, 0.5) is 8.78 Å². The topological polar surface area (TPSA) is 47.9 Å². The van der Waals surface area contributed by atoms with E-state index in [9.17, 15) is 13.9 Å². The first-order valence-electron chi connectivity index (χ1n) is 8.21. The van der Waals surface area contributed by atoms with Crippen molar-refractivity contribution in [2.45, 2.75) is 57.3 Å². The second-order valence-electron chi connectivity index (χ2n) is 7.59. The molecule has 0 aromatic heterocycles. The van der Waals surface area contributed by atoms with Crippen LogP contribution in [0.3, 0.4) is 0 Å². The second-order valence-corrected chi connectivity index (χ2v) is 7.59. The third-order valence-electron chi connectivity index (χ3n) is 5.43. The Balaban J connectivity index is 1.95. The van der Waals surface area contributed by atoms with Gasteiger partial charge in [-0.15, -0.1) is 0 Å². The predicted octanol–water partition coefficient (Wildman–Crippen LogP) is 2.26. The lowest BCUT2D eigenvalue weighted by Crippen LogP contribution is -2.41. The molecule has 24 heavy (non-hydrogen) atoms. The fourth-order valence-corrected chi connectivity index (χ4v) is 3.04. The Hall–Kier alpha value is -1.02. The van der Waals surface area contributed by atoms with E-state index in [1.165, 1.54) is 12.1 Å². The summed E-state index contributed by atoms with van der Waals surface area (Å²) in [5, 5.41) is 10.6. The fourth-order valence-electron chi connectivity index (χ4n) is 3.04. The van der Waals surface area contributed by atoms with Crippen LogP contribution in [0.2, 0.25) is 0 Å². The molecule has 0 unspecified atom stereocenters. The minimum Gasteiger partial charge on any atom is -0.399 e. The number of benzene rings is 1. The Kier molecular flexibility index (Phi) is 4.27. The first-order valence-corrected chi connectivity index (χ1v) is 8.21. The van der Waals surface area contributed by atoms with E-state index in [0.29, 0.717) is 26.1 Å². The van der Waals surface area contributed by atoms with Crippen molar-refractivity contribution in [1.29, 1.82) is 0 Å². The Morgan fingerprint density at radius 1 is 0.958 bits per heavy atom. The maximum Gasteiger partial charge on any atom is 0.500 e. The summed E-state index contributed by atoms with van der Waals surface area (Å²) in [5.41, 5.74) is -2.68. The van der Waals surface area contributed by atoms with Crippen molar-refractivity contribution in [3.8, 4) is 0 Å². The lowest BCUT2D eigenvalue weighted by atomic mass is 9.76. The van der Waals surface area contributed by atoms with E-state index in [1.807, 2.05) is 27.7 Å². The number of hydrogen-bond acceptors (Lipinski definition) is 4. The lowest BCUT2D eigenvalue weighted by molar-refractivity contribution is -0.0682. The van der Waals surface area contributed by atoms with Gasteiger partial charge in [0.05, 0.1) is 22.3 Å². The Morgan fingerprint density at radius 2 is 1.42 bits per heavy atom. The van der Waals surface area contributed by atoms with Crippen LogP contribution in [0.5, 0.6) is 0 Å². The van der Waals surface area contributed by atoms with E-state index < -0.39 is 35.6 Å². The zero-order valence-electron chi connectivity index (χ0n) is 14.5. The van der Waals surface area contributed by atoms with Crippen LogP contribution >= 0.6 is 0 Å². The molecule has 2 fully saturated rings. The molecule has 0 amide bonds. The highest BCUT2D eigenvalue weighted by atomic mass is 19.1. The molecule has 3 rings (SSSR count). The molecular formula is C17H23BF2O4. The highest BCUT2D eigenvalue weighted by Crippen LogP contribution is 2.37. The first kappa shape index (κ1) is 17.8. The van der Waals surface area contributed by atoms with Gasteiger partial charge in [-0.3, -0.25) is 0 Å². The number of rotatable bonds is 2. The van der Waals surface area contributed by atoms with Gasteiger partial charge < -0.3 is 19.2 Å². The minimum atomic E-state index is -1.27. The highest BCUT2D eigenvalue weighted by molar-refractivity contribution is 6.62. The third kappa shape index (κ3) is 2.88. The van der Waals surface area contributed by atoms with Crippen LogP contribution in [-0.4, -0.2) is 36.6 Å². The number of ether oxygens (including phenoxy) is 1. The van der Waals surface area contributed by atoms with E-state index >= 15 is 0 Å². The minimum absolute atomic E-state index is 0.223.